The van der Waals surface area contributed by atoms with Gasteiger partial charge in [-0.15, -0.1) is 24.8 Å². The number of halogens is 2. The van der Waals surface area contributed by atoms with Crippen molar-refractivity contribution in [2.24, 2.45) is 0 Å². The molecule has 0 saturated carbocycles. The lowest BCUT2D eigenvalue weighted by Crippen LogP contribution is -2.35. The normalized spacial score (nSPS) is 13.9. The van der Waals surface area contributed by atoms with Crippen molar-refractivity contribution in [1.29, 1.82) is 0 Å². The van der Waals surface area contributed by atoms with Gasteiger partial charge in [-0.1, -0.05) is 36.4 Å². The van der Waals surface area contributed by atoms with Gasteiger partial charge in [0.15, 0.2) is 0 Å². The van der Waals surface area contributed by atoms with Crippen LogP contribution in [-0.4, -0.2) is 37.1 Å². The SMILES string of the molecule is Cl.Cl.Nc1ccccc1CCC(=O)Nc1ccccc1CN1CCOCC1. The second kappa shape index (κ2) is 11.8. The van der Waals surface area contributed by atoms with E-state index in [1.807, 2.05) is 42.5 Å². The Morgan fingerprint density at radius 3 is 2.33 bits per heavy atom. The van der Waals surface area contributed by atoms with Gasteiger partial charge >= 0.3 is 0 Å². The molecule has 1 aliphatic rings. The Morgan fingerprint density at radius 1 is 1.00 bits per heavy atom. The van der Waals surface area contributed by atoms with Gasteiger partial charge in [0.05, 0.1) is 13.2 Å². The number of nitrogens with zero attached hydrogens (tertiary/aromatic N) is 1. The summed E-state index contributed by atoms with van der Waals surface area (Å²) in [7, 11) is 0. The highest BCUT2D eigenvalue weighted by Crippen LogP contribution is 2.19. The molecule has 2 aromatic rings. The summed E-state index contributed by atoms with van der Waals surface area (Å²) < 4.78 is 5.39. The Labute approximate surface area is 173 Å². The maximum atomic E-state index is 12.4. The summed E-state index contributed by atoms with van der Waals surface area (Å²) in [6.45, 7) is 4.22. The lowest BCUT2D eigenvalue weighted by Gasteiger charge is -2.27. The molecule has 1 fully saturated rings. The van der Waals surface area contributed by atoms with Crippen molar-refractivity contribution in [3.8, 4) is 0 Å². The summed E-state index contributed by atoms with van der Waals surface area (Å²) in [5, 5.41) is 3.05. The van der Waals surface area contributed by atoms with Crippen molar-refractivity contribution in [3.05, 3.63) is 59.7 Å². The average molecular weight is 412 g/mol. The molecule has 5 nitrogen and oxygen atoms in total. The Morgan fingerprint density at radius 2 is 1.63 bits per heavy atom. The van der Waals surface area contributed by atoms with Crippen molar-refractivity contribution in [2.75, 3.05) is 37.4 Å². The fourth-order valence-corrected chi connectivity index (χ4v) is 3.00. The van der Waals surface area contributed by atoms with Gasteiger partial charge in [0.1, 0.15) is 0 Å². The number of carbonyl (C=O) groups excluding carboxylic acids is 1. The number of para-hydroxylation sites is 2. The summed E-state index contributed by atoms with van der Waals surface area (Å²) in [6.07, 6.45) is 1.06. The zero-order valence-corrected chi connectivity index (χ0v) is 16.9. The molecule has 7 heteroatoms. The van der Waals surface area contributed by atoms with Crippen LogP contribution in [-0.2, 0) is 22.5 Å². The highest BCUT2D eigenvalue weighted by atomic mass is 35.5. The summed E-state index contributed by atoms with van der Waals surface area (Å²) in [5.74, 6) is 0.0117. The molecule has 2 aromatic carbocycles. The minimum absolute atomic E-state index is 0. The van der Waals surface area contributed by atoms with Crippen molar-refractivity contribution in [2.45, 2.75) is 19.4 Å². The molecule has 0 radical (unpaired) electrons. The third-order valence-corrected chi connectivity index (χ3v) is 4.47. The smallest absolute Gasteiger partial charge is 0.224 e. The Balaban J connectivity index is 0.00000182. The van der Waals surface area contributed by atoms with Crippen LogP contribution >= 0.6 is 24.8 Å². The molecule has 0 aromatic heterocycles. The highest BCUT2D eigenvalue weighted by Gasteiger charge is 2.14. The van der Waals surface area contributed by atoms with E-state index in [9.17, 15) is 4.79 Å². The molecule has 3 rings (SSSR count). The average Bonchev–Trinajstić information content (AvgIpc) is 2.64. The molecule has 0 spiro atoms. The summed E-state index contributed by atoms with van der Waals surface area (Å²) >= 11 is 0. The molecule has 0 aliphatic carbocycles. The number of nitrogens with two attached hydrogens (primary N) is 1. The van der Waals surface area contributed by atoms with Gasteiger partial charge in [0.25, 0.3) is 0 Å². The van der Waals surface area contributed by atoms with Crippen LogP contribution in [0.15, 0.2) is 48.5 Å². The molecule has 0 unspecified atom stereocenters. The molecule has 1 aliphatic heterocycles. The summed E-state index contributed by atoms with van der Waals surface area (Å²) in [6, 6.07) is 15.7. The topological polar surface area (TPSA) is 67.6 Å². The first-order valence-electron chi connectivity index (χ1n) is 8.73. The van der Waals surface area contributed by atoms with E-state index in [0.717, 1.165) is 55.3 Å². The number of ether oxygens (including phenoxy) is 1. The van der Waals surface area contributed by atoms with Gasteiger partial charge in [0.2, 0.25) is 5.91 Å². The first kappa shape index (κ1) is 23.2. The standard InChI is InChI=1S/C20H25N3O2.2ClH/c21-18-7-3-1-5-16(18)9-10-20(24)22-19-8-4-2-6-17(19)15-23-11-13-25-14-12-23;;/h1-8H,9-15,21H2,(H,22,24);2*1H. The van der Waals surface area contributed by atoms with Gasteiger partial charge < -0.3 is 15.8 Å². The molecule has 1 heterocycles. The molecular weight excluding hydrogens is 385 g/mol. The number of nitrogen functional groups attached to an aromatic ring is 1. The molecular formula is C20H27Cl2N3O2. The van der Waals surface area contributed by atoms with Gasteiger partial charge in [-0.05, 0) is 29.7 Å². The van der Waals surface area contributed by atoms with Crippen LogP contribution in [0.5, 0.6) is 0 Å². The molecule has 0 atom stereocenters. The Kier molecular flexibility index (Phi) is 10.2. The number of carbonyl (C=O) groups is 1. The van der Waals surface area contributed by atoms with Crippen LogP contribution in [0.1, 0.15) is 17.5 Å². The molecule has 3 N–H and O–H groups in total. The third kappa shape index (κ3) is 7.03. The van der Waals surface area contributed by atoms with E-state index in [1.165, 1.54) is 0 Å². The predicted octanol–water partition coefficient (Wildman–Crippen LogP) is 3.52. The largest absolute Gasteiger partial charge is 0.399 e. The minimum Gasteiger partial charge on any atom is -0.399 e. The number of morpholine rings is 1. The molecule has 27 heavy (non-hydrogen) atoms. The number of aryl methyl sites for hydroxylation is 1. The summed E-state index contributed by atoms with van der Waals surface area (Å²) in [4.78, 5) is 14.7. The molecule has 1 saturated heterocycles. The van der Waals surface area contributed by atoms with Crippen molar-refractivity contribution in [3.63, 3.8) is 0 Å². The zero-order valence-electron chi connectivity index (χ0n) is 15.2. The summed E-state index contributed by atoms with van der Waals surface area (Å²) in [5.41, 5.74) is 9.72. The van der Waals surface area contributed by atoms with Crippen molar-refractivity contribution >= 4 is 42.1 Å². The first-order valence-corrected chi connectivity index (χ1v) is 8.73. The second-order valence-corrected chi connectivity index (χ2v) is 6.29. The Bertz CT molecular complexity index is 722. The van der Waals surface area contributed by atoms with E-state index >= 15 is 0 Å². The molecule has 148 valence electrons. The number of hydrogen-bond acceptors (Lipinski definition) is 4. The van der Waals surface area contributed by atoms with E-state index < -0.39 is 0 Å². The fraction of sp³-hybridized carbons (Fsp3) is 0.350. The first-order chi connectivity index (χ1) is 12.2. The lowest BCUT2D eigenvalue weighted by molar-refractivity contribution is -0.116. The number of benzene rings is 2. The number of rotatable bonds is 6. The number of nitrogens with one attached hydrogen (secondary N) is 1. The molecule has 0 bridgehead atoms. The van der Waals surface area contributed by atoms with E-state index in [-0.39, 0.29) is 30.7 Å². The van der Waals surface area contributed by atoms with Gasteiger partial charge in [-0.25, -0.2) is 0 Å². The number of anilines is 2. The quantitative estimate of drug-likeness (QED) is 0.713. The van der Waals surface area contributed by atoms with E-state index in [4.69, 9.17) is 10.5 Å². The second-order valence-electron chi connectivity index (χ2n) is 6.29. The zero-order chi connectivity index (χ0) is 17.5. The van der Waals surface area contributed by atoms with Crippen LogP contribution in [0.25, 0.3) is 0 Å². The van der Waals surface area contributed by atoms with E-state index in [2.05, 4.69) is 16.3 Å². The van der Waals surface area contributed by atoms with Crippen LogP contribution in [0, 0.1) is 0 Å². The Hall–Kier alpha value is -1.79. The van der Waals surface area contributed by atoms with Crippen LogP contribution in [0.4, 0.5) is 11.4 Å². The van der Waals surface area contributed by atoms with E-state index in [0.29, 0.717) is 12.8 Å². The molecule has 1 amide bonds. The van der Waals surface area contributed by atoms with Gasteiger partial charge in [-0.3, -0.25) is 9.69 Å². The van der Waals surface area contributed by atoms with Crippen LogP contribution < -0.4 is 11.1 Å². The van der Waals surface area contributed by atoms with Crippen LogP contribution in [0.2, 0.25) is 0 Å². The van der Waals surface area contributed by atoms with Gasteiger partial charge in [0, 0.05) is 37.4 Å². The number of hydrogen-bond donors (Lipinski definition) is 2. The van der Waals surface area contributed by atoms with E-state index in [1.54, 1.807) is 0 Å². The maximum absolute atomic E-state index is 12.4. The van der Waals surface area contributed by atoms with Crippen LogP contribution in [0.3, 0.4) is 0 Å². The fourth-order valence-electron chi connectivity index (χ4n) is 3.00. The lowest BCUT2D eigenvalue weighted by atomic mass is 10.1. The third-order valence-electron chi connectivity index (χ3n) is 4.47. The minimum atomic E-state index is 0. The monoisotopic (exact) mass is 411 g/mol. The van der Waals surface area contributed by atoms with Crippen molar-refractivity contribution in [1.82, 2.24) is 4.90 Å². The number of amides is 1. The van der Waals surface area contributed by atoms with Crippen molar-refractivity contribution < 1.29 is 9.53 Å². The highest BCUT2D eigenvalue weighted by molar-refractivity contribution is 5.91. The maximum Gasteiger partial charge on any atom is 0.224 e. The predicted molar refractivity (Wildman–Crippen MR) is 115 cm³/mol. The van der Waals surface area contributed by atoms with Gasteiger partial charge in [-0.2, -0.15) is 0 Å².